The molecule has 0 radical (unpaired) electrons. The molecule has 0 aliphatic rings. The van der Waals surface area contributed by atoms with E-state index < -0.39 is 0 Å². The number of aryl methyl sites for hydroxylation is 2. The van der Waals surface area contributed by atoms with Crippen LogP contribution in [0.15, 0.2) is 17.5 Å². The maximum atomic E-state index is 4.51. The Kier molecular flexibility index (Phi) is 3.74. The fourth-order valence-corrected chi connectivity index (χ4v) is 3.46. The predicted molar refractivity (Wildman–Crippen MR) is 71.4 cm³/mol. The summed E-state index contributed by atoms with van der Waals surface area (Å²) < 4.78 is 0. The normalized spacial score (nSPS) is 12.9. The van der Waals surface area contributed by atoms with Gasteiger partial charge in [0.25, 0.3) is 0 Å². The van der Waals surface area contributed by atoms with Crippen molar-refractivity contribution in [1.82, 2.24) is 10.3 Å². The first kappa shape index (κ1) is 11.8. The fourth-order valence-electron chi connectivity index (χ4n) is 1.66. The highest BCUT2D eigenvalue weighted by Crippen LogP contribution is 2.26. The molecule has 0 aromatic carbocycles. The molecule has 2 rings (SSSR count). The second kappa shape index (κ2) is 5.08. The van der Waals surface area contributed by atoms with Crippen LogP contribution < -0.4 is 5.32 Å². The first-order chi connectivity index (χ1) is 7.69. The Morgan fingerprint density at radius 2 is 2.19 bits per heavy atom. The summed E-state index contributed by atoms with van der Waals surface area (Å²) in [5, 5.41) is 6.69. The number of hydrogen-bond acceptors (Lipinski definition) is 4. The molecule has 2 aromatic rings. The van der Waals surface area contributed by atoms with E-state index in [0.717, 1.165) is 12.1 Å². The number of nitrogens with zero attached hydrogens (tertiary/aromatic N) is 1. The van der Waals surface area contributed by atoms with Crippen molar-refractivity contribution >= 4 is 22.7 Å². The van der Waals surface area contributed by atoms with E-state index in [1.165, 1.54) is 14.8 Å². The van der Waals surface area contributed by atoms with Crippen molar-refractivity contribution in [3.63, 3.8) is 0 Å². The van der Waals surface area contributed by atoms with E-state index in [1.54, 1.807) is 11.3 Å². The van der Waals surface area contributed by atoms with Crippen LogP contribution in [0.25, 0.3) is 0 Å². The van der Waals surface area contributed by atoms with Crippen LogP contribution in [0, 0.1) is 13.8 Å². The Morgan fingerprint density at radius 3 is 2.69 bits per heavy atom. The third kappa shape index (κ3) is 2.70. The Morgan fingerprint density at radius 1 is 1.38 bits per heavy atom. The molecule has 16 heavy (non-hydrogen) atoms. The molecule has 0 saturated carbocycles. The molecule has 0 spiro atoms. The van der Waals surface area contributed by atoms with Crippen LogP contribution in [0.2, 0.25) is 0 Å². The van der Waals surface area contributed by atoms with Crippen LogP contribution in [0.3, 0.4) is 0 Å². The minimum Gasteiger partial charge on any atom is -0.312 e. The maximum Gasteiger partial charge on any atom is 0.0947 e. The summed E-state index contributed by atoms with van der Waals surface area (Å²) in [5.41, 5.74) is 1.12. The van der Waals surface area contributed by atoms with Crippen molar-refractivity contribution in [3.05, 3.63) is 38.0 Å². The van der Waals surface area contributed by atoms with Gasteiger partial charge in [0.05, 0.1) is 5.01 Å². The van der Waals surface area contributed by atoms with Gasteiger partial charge in [-0.05, 0) is 33.0 Å². The number of hydrogen-bond donors (Lipinski definition) is 1. The van der Waals surface area contributed by atoms with Crippen molar-refractivity contribution < 1.29 is 0 Å². The lowest BCUT2D eigenvalue weighted by Gasteiger charge is -2.12. The quantitative estimate of drug-likeness (QED) is 0.903. The molecular weight excluding hydrogens is 236 g/mol. The van der Waals surface area contributed by atoms with Crippen LogP contribution in [0.4, 0.5) is 0 Å². The van der Waals surface area contributed by atoms with Crippen molar-refractivity contribution in [2.45, 2.75) is 26.3 Å². The van der Waals surface area contributed by atoms with Gasteiger partial charge in [-0.15, -0.1) is 22.7 Å². The van der Waals surface area contributed by atoms with Gasteiger partial charge in [-0.3, -0.25) is 0 Å². The molecular formula is C12H16N2S2. The van der Waals surface area contributed by atoms with E-state index >= 15 is 0 Å². The Labute approximate surface area is 104 Å². The summed E-state index contributed by atoms with van der Waals surface area (Å²) in [6.45, 7) is 4.19. The summed E-state index contributed by atoms with van der Waals surface area (Å²) in [6.07, 6.45) is 0.981. The lowest BCUT2D eigenvalue weighted by molar-refractivity contribution is 0.600. The zero-order valence-electron chi connectivity index (χ0n) is 9.78. The smallest absolute Gasteiger partial charge is 0.0947 e. The van der Waals surface area contributed by atoms with E-state index in [4.69, 9.17) is 0 Å². The maximum absolute atomic E-state index is 4.51. The number of likely N-dealkylation sites (N-methyl/N-ethyl adjacent to an activating group) is 1. The van der Waals surface area contributed by atoms with Gasteiger partial charge in [-0.1, -0.05) is 0 Å². The molecule has 1 unspecified atom stereocenters. The SMILES string of the molecule is CNC(Cc1nc(C)cs1)c1ccc(C)s1. The van der Waals surface area contributed by atoms with Gasteiger partial charge in [0.2, 0.25) is 0 Å². The molecule has 2 heterocycles. The number of rotatable bonds is 4. The summed E-state index contributed by atoms with van der Waals surface area (Å²) in [7, 11) is 2.01. The highest BCUT2D eigenvalue weighted by molar-refractivity contribution is 7.12. The van der Waals surface area contributed by atoms with Crippen LogP contribution in [-0.4, -0.2) is 12.0 Å². The average molecular weight is 252 g/mol. The fraction of sp³-hybridized carbons (Fsp3) is 0.417. The number of thiophene rings is 1. The second-order valence-electron chi connectivity index (χ2n) is 3.88. The van der Waals surface area contributed by atoms with E-state index in [-0.39, 0.29) is 0 Å². The lowest BCUT2D eigenvalue weighted by Crippen LogP contribution is -2.17. The predicted octanol–water partition coefficient (Wildman–Crippen LogP) is 3.32. The first-order valence-electron chi connectivity index (χ1n) is 5.33. The van der Waals surface area contributed by atoms with E-state index in [1.807, 2.05) is 25.3 Å². The largest absolute Gasteiger partial charge is 0.312 e. The van der Waals surface area contributed by atoms with E-state index in [0.29, 0.717) is 6.04 Å². The van der Waals surface area contributed by atoms with Crippen LogP contribution in [0.5, 0.6) is 0 Å². The standard InChI is InChI=1S/C12H16N2S2/c1-8-7-15-12(14-8)6-10(13-3)11-5-4-9(2)16-11/h4-5,7,10,13H,6H2,1-3H3. The van der Waals surface area contributed by atoms with Gasteiger partial charge in [0.1, 0.15) is 0 Å². The van der Waals surface area contributed by atoms with Crippen LogP contribution in [-0.2, 0) is 6.42 Å². The molecule has 0 aliphatic heterocycles. The molecule has 0 aliphatic carbocycles. The van der Waals surface area contributed by atoms with Crippen LogP contribution in [0.1, 0.15) is 26.5 Å². The monoisotopic (exact) mass is 252 g/mol. The summed E-state index contributed by atoms with van der Waals surface area (Å²) in [4.78, 5) is 7.28. The summed E-state index contributed by atoms with van der Waals surface area (Å²) in [5.74, 6) is 0. The molecule has 1 atom stereocenters. The summed E-state index contributed by atoms with van der Waals surface area (Å²) >= 11 is 3.61. The Balaban J connectivity index is 2.12. The Hall–Kier alpha value is -0.710. The minimum absolute atomic E-state index is 0.393. The third-order valence-corrected chi connectivity index (χ3v) is 4.60. The molecule has 0 saturated heterocycles. The first-order valence-corrected chi connectivity index (χ1v) is 7.03. The van der Waals surface area contributed by atoms with Gasteiger partial charge in [-0.2, -0.15) is 0 Å². The highest BCUT2D eigenvalue weighted by atomic mass is 32.1. The topological polar surface area (TPSA) is 24.9 Å². The van der Waals surface area contributed by atoms with E-state index in [9.17, 15) is 0 Å². The second-order valence-corrected chi connectivity index (χ2v) is 6.14. The molecule has 2 aromatic heterocycles. The average Bonchev–Trinajstić information content (AvgIpc) is 2.84. The van der Waals surface area contributed by atoms with Gasteiger partial charge in [0, 0.05) is 33.3 Å². The Bertz CT molecular complexity index is 459. The van der Waals surface area contributed by atoms with Crippen molar-refractivity contribution in [2.24, 2.45) is 0 Å². The van der Waals surface area contributed by atoms with Crippen molar-refractivity contribution in [2.75, 3.05) is 7.05 Å². The van der Waals surface area contributed by atoms with Crippen molar-refractivity contribution in [1.29, 1.82) is 0 Å². The molecule has 0 amide bonds. The van der Waals surface area contributed by atoms with E-state index in [2.05, 4.69) is 34.7 Å². The number of aromatic nitrogens is 1. The molecule has 0 fully saturated rings. The molecule has 2 nitrogen and oxygen atoms in total. The van der Waals surface area contributed by atoms with Gasteiger partial charge in [-0.25, -0.2) is 4.98 Å². The molecule has 1 N–H and O–H groups in total. The molecule has 0 bridgehead atoms. The number of nitrogens with one attached hydrogen (secondary N) is 1. The third-order valence-electron chi connectivity index (χ3n) is 2.50. The summed E-state index contributed by atoms with van der Waals surface area (Å²) in [6, 6.07) is 4.78. The molecule has 4 heteroatoms. The zero-order chi connectivity index (χ0) is 11.5. The van der Waals surface area contributed by atoms with Gasteiger partial charge in [0.15, 0.2) is 0 Å². The van der Waals surface area contributed by atoms with Gasteiger partial charge < -0.3 is 5.32 Å². The minimum atomic E-state index is 0.393. The van der Waals surface area contributed by atoms with Crippen molar-refractivity contribution in [3.8, 4) is 0 Å². The lowest BCUT2D eigenvalue weighted by atomic mass is 10.2. The van der Waals surface area contributed by atoms with Gasteiger partial charge >= 0.3 is 0 Å². The highest BCUT2D eigenvalue weighted by Gasteiger charge is 2.13. The number of thiazole rings is 1. The zero-order valence-corrected chi connectivity index (χ0v) is 11.4. The van der Waals surface area contributed by atoms with Crippen LogP contribution >= 0.6 is 22.7 Å². The molecule has 86 valence electrons.